The third-order valence-electron chi connectivity index (χ3n) is 26.5. The second-order valence-corrected chi connectivity index (χ2v) is 34.9. The van der Waals surface area contributed by atoms with Gasteiger partial charge in [-0.1, -0.05) is 340 Å². The van der Waals surface area contributed by atoms with Gasteiger partial charge in [0.1, 0.15) is 0 Å². The Morgan fingerprint density at radius 3 is 1.12 bits per heavy atom. The quantitative estimate of drug-likeness (QED) is 0.157. The molecule has 3 heterocycles. The lowest BCUT2D eigenvalue weighted by atomic mass is 9.67. The summed E-state index contributed by atoms with van der Waals surface area (Å²) in [6.45, 7) is 17.3. The lowest BCUT2D eigenvalue weighted by Gasteiger charge is -2.34. The fourth-order valence-electron chi connectivity index (χ4n) is 20.5. The third-order valence-corrected chi connectivity index (χ3v) is 26.5. The maximum absolute atomic E-state index is 9.60. The Morgan fingerprint density at radius 1 is 0.244 bits per heavy atom. The Bertz CT molecular complexity index is 7790. The number of hydrogen-bond donors (Lipinski definition) is 0. The van der Waals surface area contributed by atoms with Crippen LogP contribution in [-0.2, 0) is 16.2 Å². The summed E-state index contributed by atoms with van der Waals surface area (Å²) < 4.78 is 0. The first-order chi connectivity index (χ1) is 64.0. The molecule has 7 heteroatoms. The molecular formula is C124H91N7. The average Bonchev–Trinajstić information content (AvgIpc) is 1.50. The van der Waals surface area contributed by atoms with E-state index in [0.29, 0.717) is 11.1 Å². The van der Waals surface area contributed by atoms with Gasteiger partial charge >= 0.3 is 0 Å². The van der Waals surface area contributed by atoms with E-state index in [9.17, 15) is 10.5 Å². The van der Waals surface area contributed by atoms with Crippen molar-refractivity contribution in [3.8, 4) is 102 Å². The zero-order valence-corrected chi connectivity index (χ0v) is 74.3. The van der Waals surface area contributed by atoms with E-state index in [-0.39, 0.29) is 10.8 Å². The molecule has 0 fully saturated rings. The van der Waals surface area contributed by atoms with Crippen molar-refractivity contribution in [2.75, 3.05) is 0 Å². The van der Waals surface area contributed by atoms with E-state index in [1.165, 1.54) is 177 Å². The summed E-state index contributed by atoms with van der Waals surface area (Å²) in [6, 6.07) is 143. The van der Waals surface area contributed by atoms with Crippen molar-refractivity contribution < 1.29 is 0 Å². The van der Waals surface area contributed by atoms with Gasteiger partial charge in [0.2, 0.25) is 0 Å². The molecule has 4 aliphatic rings. The number of para-hydroxylation sites is 1. The van der Waals surface area contributed by atoms with Crippen molar-refractivity contribution in [3.63, 3.8) is 0 Å². The standard InChI is InChI=1S/C27H17N.C27H19N.C24H17N.C17H14N2.C17H15N.C12H9N/c1-17-10-12-21-22-13-11-18(16-28)15-26(22)27(25(21)14-17)23-8-4-2-6-19(23)20-7-3-5-9-24(20)27;1-19-12-14-23-24-15-13-20(18-28)17-26(24)27(25(23)16-19,21-8-4-2-5-9-21)22-10-6-3-7-11-22;1-16-15-21-23(19-12-6-5-11-18(16)19)20-13-7-8-14-22(20)25-24(21)17-9-3-2-4-10-17;1-13-8-16(14-4-2-6-18-11-14)10-17(9-13)15-5-3-7-19-12-15;1-11-4-6-13-14-7-5-12(10-18)9-16(14)17(2,3)15(13)8-11;1-9-6-7-10(8-13)12-5-3-2-4-11(9)12/h2-15H,1H3;2-17H,1H3;2-15H,1H3;2-12H,1H3;4-9H,1-3H3;2-7H,1H3. The normalized spacial score (nSPS) is 12.6. The van der Waals surface area contributed by atoms with Crippen LogP contribution in [0, 0.1) is 86.9 Å². The second kappa shape index (κ2) is 35.2. The number of nitriles is 4. The topological polar surface area (TPSA) is 134 Å². The molecule has 24 rings (SSSR count). The van der Waals surface area contributed by atoms with Crippen LogP contribution in [0.2, 0.25) is 0 Å². The Balaban J connectivity index is 0.000000103. The van der Waals surface area contributed by atoms with Crippen LogP contribution in [0.4, 0.5) is 0 Å². The molecule has 0 bridgehead atoms. The number of nitrogens with zero attached hydrogens (tertiary/aromatic N) is 7. The van der Waals surface area contributed by atoms with Crippen LogP contribution in [0.25, 0.3) is 121 Å². The Morgan fingerprint density at radius 2 is 0.626 bits per heavy atom. The number of aromatic nitrogens is 3. The van der Waals surface area contributed by atoms with E-state index < -0.39 is 5.41 Å². The fourth-order valence-corrected chi connectivity index (χ4v) is 20.5. The molecule has 4 aliphatic carbocycles. The van der Waals surface area contributed by atoms with Gasteiger partial charge in [-0.15, -0.1) is 0 Å². The van der Waals surface area contributed by atoms with Crippen molar-refractivity contribution >= 4 is 43.2 Å². The number of rotatable bonds is 5. The molecule has 17 aromatic carbocycles. The lowest BCUT2D eigenvalue weighted by molar-refractivity contribution is 0.659. The summed E-state index contributed by atoms with van der Waals surface area (Å²) in [7, 11) is 0. The van der Waals surface area contributed by atoms with Crippen molar-refractivity contribution in [1.29, 1.82) is 21.0 Å². The molecular weight excluding hydrogens is 1590 g/mol. The maximum Gasteiger partial charge on any atom is 0.0998 e. The average molecular weight is 1680 g/mol. The van der Waals surface area contributed by atoms with Crippen molar-refractivity contribution in [1.82, 2.24) is 15.0 Å². The van der Waals surface area contributed by atoms with Crippen LogP contribution in [0.5, 0.6) is 0 Å². The van der Waals surface area contributed by atoms with Gasteiger partial charge in [0.05, 0.1) is 68.6 Å². The first-order valence-corrected chi connectivity index (χ1v) is 44.4. The van der Waals surface area contributed by atoms with Gasteiger partial charge in [0, 0.05) is 63.1 Å². The van der Waals surface area contributed by atoms with Gasteiger partial charge in [0.15, 0.2) is 0 Å². The largest absolute Gasteiger partial charge is 0.264 e. The molecule has 3 aromatic heterocycles. The minimum absolute atomic E-state index is 0.0104. The van der Waals surface area contributed by atoms with Gasteiger partial charge < -0.3 is 0 Å². The number of aryl methyl sites for hydroxylation is 6. The molecule has 0 amide bonds. The molecule has 0 radical (unpaired) electrons. The number of fused-ring (bicyclic) bond motifs is 22. The molecule has 0 saturated carbocycles. The zero-order chi connectivity index (χ0) is 90.1. The molecule has 0 aliphatic heterocycles. The first kappa shape index (κ1) is 83.7. The molecule has 0 unspecified atom stereocenters. The summed E-state index contributed by atoms with van der Waals surface area (Å²) in [5.41, 5.74) is 40.4. The minimum atomic E-state index is -0.425. The van der Waals surface area contributed by atoms with Gasteiger partial charge in [0.25, 0.3) is 0 Å². The zero-order valence-electron chi connectivity index (χ0n) is 74.3. The summed E-state index contributed by atoms with van der Waals surface area (Å²) in [5, 5.41) is 45.7. The highest BCUT2D eigenvalue weighted by Crippen LogP contribution is 2.64. The predicted molar refractivity (Wildman–Crippen MR) is 537 cm³/mol. The highest BCUT2D eigenvalue weighted by Gasteiger charge is 2.52. The van der Waals surface area contributed by atoms with Crippen molar-refractivity contribution in [2.45, 2.75) is 71.6 Å². The van der Waals surface area contributed by atoms with E-state index >= 15 is 0 Å². The van der Waals surface area contributed by atoms with Gasteiger partial charge in [-0.2, -0.15) is 21.0 Å². The van der Waals surface area contributed by atoms with Gasteiger partial charge in [-0.25, -0.2) is 4.98 Å². The molecule has 7 nitrogen and oxygen atoms in total. The number of hydrogen-bond acceptors (Lipinski definition) is 7. The van der Waals surface area contributed by atoms with Crippen LogP contribution in [0.15, 0.2) is 407 Å². The maximum atomic E-state index is 9.60. The summed E-state index contributed by atoms with van der Waals surface area (Å²) >= 11 is 0. The Kier molecular flexibility index (Phi) is 22.5. The summed E-state index contributed by atoms with van der Waals surface area (Å²) in [6.07, 6.45) is 7.37. The third kappa shape index (κ3) is 15.0. The minimum Gasteiger partial charge on any atom is -0.264 e. The van der Waals surface area contributed by atoms with Crippen molar-refractivity contribution in [3.05, 3.63) is 518 Å². The Labute approximate surface area is 766 Å². The van der Waals surface area contributed by atoms with Gasteiger partial charge in [-0.3, -0.25) is 9.97 Å². The predicted octanol–water partition coefficient (Wildman–Crippen LogP) is 30.3. The molecule has 0 N–H and O–H groups in total. The second-order valence-electron chi connectivity index (χ2n) is 34.9. The van der Waals surface area contributed by atoms with Crippen LogP contribution in [0.1, 0.15) is 125 Å². The van der Waals surface area contributed by atoms with E-state index in [2.05, 4.69) is 393 Å². The van der Waals surface area contributed by atoms with Crippen molar-refractivity contribution in [2.24, 2.45) is 0 Å². The Hall–Kier alpha value is -16.8. The molecule has 0 saturated heterocycles. The van der Waals surface area contributed by atoms with Crippen LogP contribution < -0.4 is 0 Å². The van der Waals surface area contributed by atoms with Crippen LogP contribution in [0.3, 0.4) is 0 Å². The number of pyridine rings is 3. The monoisotopic (exact) mass is 1680 g/mol. The highest BCUT2D eigenvalue weighted by atomic mass is 14.7. The molecule has 131 heavy (non-hydrogen) atoms. The lowest BCUT2D eigenvalue weighted by Crippen LogP contribution is -2.28. The smallest absolute Gasteiger partial charge is 0.0998 e. The van der Waals surface area contributed by atoms with Crippen LogP contribution in [-0.4, -0.2) is 15.0 Å². The molecule has 1 spiro atoms. The molecule has 622 valence electrons. The summed E-state index contributed by atoms with van der Waals surface area (Å²) in [5.74, 6) is 0. The SMILES string of the molecule is Cc1cc(-c2cccnc2)cc(-c2cccnc2)c1.Cc1cc2c(-c3ccccc3)nc3ccccc3c2c2ccccc12.Cc1ccc(C#N)c2ccccc12.Cc1ccc2c(c1)C(C)(C)c1cc(C#N)ccc1-2.Cc1ccc2c(c1)C(c1ccccc1)(c1ccccc1)c1cc(C#N)ccc1-2.Cc1ccc2c(c1)C1(c3ccccc3-c3ccccc31)c1cc(C#N)ccc1-2. The van der Waals surface area contributed by atoms with Crippen LogP contribution >= 0.6 is 0 Å². The fraction of sp³-hybridized carbons (Fsp3) is 0.0887. The van der Waals surface area contributed by atoms with E-state index in [1.807, 2.05) is 91.3 Å². The molecule has 20 aromatic rings. The van der Waals surface area contributed by atoms with E-state index in [4.69, 9.17) is 15.5 Å². The van der Waals surface area contributed by atoms with E-state index in [0.717, 1.165) is 44.4 Å². The van der Waals surface area contributed by atoms with E-state index in [1.54, 1.807) is 12.4 Å². The van der Waals surface area contributed by atoms with Gasteiger partial charge in [-0.05, 0) is 264 Å². The molecule has 0 atom stereocenters. The highest BCUT2D eigenvalue weighted by molar-refractivity contribution is 6.23. The first-order valence-electron chi connectivity index (χ1n) is 44.4. The summed E-state index contributed by atoms with van der Waals surface area (Å²) in [4.78, 5) is 13.4. The number of benzene rings is 17.